The number of hydrogen-bond acceptors (Lipinski definition) is 1. The van der Waals surface area contributed by atoms with Crippen molar-refractivity contribution in [2.45, 2.75) is 20.3 Å². The smallest absolute Gasteiger partial charge is 0.161 e. The topological polar surface area (TPSA) is 17.1 Å². The summed E-state index contributed by atoms with van der Waals surface area (Å²) in [5.41, 5.74) is 1.08. The minimum Gasteiger partial charge on any atom is -1.00 e. The number of carbonyl (C=O) groups is 1. The second-order valence-corrected chi connectivity index (χ2v) is 4.94. The molecule has 0 bridgehead atoms. The summed E-state index contributed by atoms with van der Waals surface area (Å²) in [5, 5.41) is 0. The van der Waals surface area contributed by atoms with Gasteiger partial charge in [-0.2, -0.15) is 0 Å². The summed E-state index contributed by atoms with van der Waals surface area (Å²) in [6.07, 6.45) is 4.22. The molecule has 2 nitrogen and oxygen atoms in total. The zero-order valence-corrected chi connectivity index (χ0v) is 13.7. The molecule has 0 saturated carbocycles. The van der Waals surface area contributed by atoms with E-state index >= 15 is 0 Å². The van der Waals surface area contributed by atoms with Gasteiger partial charge in [-0.05, 0) is 25.5 Å². The summed E-state index contributed by atoms with van der Waals surface area (Å²) >= 11 is 0. The molecule has 0 spiro atoms. The normalized spacial score (nSPS) is 11.3. The molecule has 0 N–H and O–H groups in total. The number of halogens is 1. The molecule has 1 aromatic carbocycles. The number of ketones is 1. The minimum atomic E-state index is 0. The first-order chi connectivity index (χ1) is 8.59. The van der Waals surface area contributed by atoms with E-state index in [-0.39, 0.29) is 22.8 Å². The van der Waals surface area contributed by atoms with Crippen LogP contribution in [0.5, 0.6) is 0 Å². The lowest BCUT2D eigenvalue weighted by molar-refractivity contribution is -0.905. The van der Waals surface area contributed by atoms with Gasteiger partial charge in [-0.15, -0.1) is 0 Å². The Hall–Kier alpha value is -0.930. The van der Waals surface area contributed by atoms with Crippen molar-refractivity contribution in [3.63, 3.8) is 0 Å². The van der Waals surface area contributed by atoms with Crippen molar-refractivity contribution in [3.8, 4) is 0 Å². The number of carbonyl (C=O) groups excluding carboxylic acids is 1. The van der Waals surface area contributed by atoms with Crippen molar-refractivity contribution in [2.75, 3.05) is 26.7 Å². The molecule has 0 aliphatic heterocycles. The van der Waals surface area contributed by atoms with Crippen molar-refractivity contribution in [2.24, 2.45) is 0 Å². The molecule has 0 unspecified atom stereocenters. The molecule has 106 valence electrons. The maximum Gasteiger partial charge on any atom is 0.161 e. The predicted molar refractivity (Wildman–Crippen MR) is 77.2 cm³/mol. The highest BCUT2D eigenvalue weighted by molar-refractivity contribution is 5.93. The first-order valence-electron chi connectivity index (χ1n) is 6.69. The van der Waals surface area contributed by atoms with E-state index in [1.54, 1.807) is 6.08 Å². The molecular formula is C16H24BrNO. The Labute approximate surface area is 127 Å². The van der Waals surface area contributed by atoms with Gasteiger partial charge in [-0.3, -0.25) is 4.79 Å². The Morgan fingerprint density at radius 1 is 1.16 bits per heavy atom. The molecule has 3 heteroatoms. The van der Waals surface area contributed by atoms with Crippen molar-refractivity contribution in [1.82, 2.24) is 0 Å². The predicted octanol–water partition coefficient (Wildman–Crippen LogP) is 0.149. The van der Waals surface area contributed by atoms with Crippen molar-refractivity contribution in [3.05, 3.63) is 42.0 Å². The molecule has 19 heavy (non-hydrogen) atoms. The average molecular weight is 326 g/mol. The van der Waals surface area contributed by atoms with E-state index in [9.17, 15) is 4.79 Å². The first-order valence-corrected chi connectivity index (χ1v) is 6.69. The summed E-state index contributed by atoms with van der Waals surface area (Å²) < 4.78 is 0.963. The van der Waals surface area contributed by atoms with Crippen LogP contribution in [0.2, 0.25) is 0 Å². The highest BCUT2D eigenvalue weighted by Gasteiger charge is 2.16. The van der Waals surface area contributed by atoms with Gasteiger partial charge in [0.15, 0.2) is 5.78 Å². The van der Waals surface area contributed by atoms with Crippen LogP contribution >= 0.6 is 0 Å². The standard InChI is InChI=1S/C16H24NO.BrH/c1-4-17(3,5-2)14-13-16(18)12-11-15-9-7-6-8-10-15;/h6-12H,4-5,13-14H2,1-3H3;1H/q+1;/p-1/b12-11+;. The van der Waals surface area contributed by atoms with Crippen LogP contribution in [-0.4, -0.2) is 36.9 Å². The Morgan fingerprint density at radius 3 is 2.26 bits per heavy atom. The van der Waals surface area contributed by atoms with Gasteiger partial charge in [0, 0.05) is 0 Å². The van der Waals surface area contributed by atoms with E-state index in [2.05, 4.69) is 20.9 Å². The van der Waals surface area contributed by atoms with Gasteiger partial charge in [-0.1, -0.05) is 36.4 Å². The lowest BCUT2D eigenvalue weighted by Gasteiger charge is -2.31. The molecule has 0 saturated heterocycles. The largest absolute Gasteiger partial charge is 1.00 e. The fraction of sp³-hybridized carbons (Fsp3) is 0.438. The molecule has 0 radical (unpaired) electrons. The van der Waals surface area contributed by atoms with E-state index < -0.39 is 0 Å². The molecule has 1 aromatic rings. The zero-order chi connectivity index (χ0) is 13.4. The average Bonchev–Trinajstić information content (AvgIpc) is 2.43. The molecule has 0 fully saturated rings. The Balaban J connectivity index is 0.00000324. The van der Waals surface area contributed by atoms with E-state index in [1.165, 1.54) is 0 Å². The first kappa shape index (κ1) is 18.1. The van der Waals surface area contributed by atoms with Crippen molar-refractivity contribution < 1.29 is 26.3 Å². The van der Waals surface area contributed by atoms with Crippen LogP contribution in [0.15, 0.2) is 36.4 Å². The van der Waals surface area contributed by atoms with Crippen LogP contribution < -0.4 is 17.0 Å². The summed E-state index contributed by atoms with van der Waals surface area (Å²) in [5.74, 6) is 0.213. The number of nitrogens with zero attached hydrogens (tertiary/aromatic N) is 1. The third kappa shape index (κ3) is 6.69. The lowest BCUT2D eigenvalue weighted by atomic mass is 10.1. The number of hydrogen-bond donors (Lipinski definition) is 0. The van der Waals surface area contributed by atoms with Crippen LogP contribution in [0, 0.1) is 0 Å². The molecule has 0 aliphatic carbocycles. The van der Waals surface area contributed by atoms with Crippen LogP contribution in [-0.2, 0) is 4.79 Å². The van der Waals surface area contributed by atoms with Gasteiger partial charge < -0.3 is 21.5 Å². The number of allylic oxidation sites excluding steroid dienone is 1. The van der Waals surface area contributed by atoms with Crippen LogP contribution in [0.25, 0.3) is 6.08 Å². The lowest BCUT2D eigenvalue weighted by Crippen LogP contribution is -3.00. The van der Waals surface area contributed by atoms with Crippen molar-refractivity contribution >= 4 is 11.9 Å². The van der Waals surface area contributed by atoms with Gasteiger partial charge in [0.05, 0.1) is 33.1 Å². The second-order valence-electron chi connectivity index (χ2n) is 4.94. The van der Waals surface area contributed by atoms with Gasteiger partial charge in [0.1, 0.15) is 0 Å². The molecular weight excluding hydrogens is 302 g/mol. The number of benzene rings is 1. The quantitative estimate of drug-likeness (QED) is 0.515. The van der Waals surface area contributed by atoms with E-state index in [1.807, 2.05) is 36.4 Å². The van der Waals surface area contributed by atoms with Crippen LogP contribution in [0.1, 0.15) is 25.8 Å². The van der Waals surface area contributed by atoms with Gasteiger partial charge >= 0.3 is 0 Å². The second kappa shape index (κ2) is 9.05. The summed E-state index contributed by atoms with van der Waals surface area (Å²) in [7, 11) is 2.20. The van der Waals surface area contributed by atoms with Gasteiger partial charge in [0.2, 0.25) is 0 Å². The Morgan fingerprint density at radius 2 is 1.74 bits per heavy atom. The van der Waals surface area contributed by atoms with Gasteiger partial charge in [0.25, 0.3) is 0 Å². The Kier molecular flexibility index (Phi) is 8.61. The minimum absolute atomic E-state index is 0. The SMILES string of the molecule is CC[N+](C)(CC)CCC(=O)/C=C/c1ccccc1.[Br-]. The van der Waals surface area contributed by atoms with Gasteiger partial charge in [-0.25, -0.2) is 0 Å². The number of rotatable bonds is 7. The molecule has 0 aliphatic rings. The highest BCUT2D eigenvalue weighted by Crippen LogP contribution is 2.05. The highest BCUT2D eigenvalue weighted by atomic mass is 79.9. The summed E-state index contributed by atoms with van der Waals surface area (Å²) in [4.78, 5) is 11.8. The molecule has 0 amide bonds. The molecule has 1 rings (SSSR count). The number of quaternary nitrogens is 1. The Bertz CT molecular complexity index is 396. The molecule has 0 aromatic heterocycles. The maximum atomic E-state index is 11.8. The molecule has 0 atom stereocenters. The van der Waals surface area contributed by atoms with E-state index in [0.717, 1.165) is 29.7 Å². The van der Waals surface area contributed by atoms with Crippen LogP contribution in [0.3, 0.4) is 0 Å². The summed E-state index contributed by atoms with van der Waals surface area (Å²) in [6.45, 7) is 7.42. The van der Waals surface area contributed by atoms with Crippen molar-refractivity contribution in [1.29, 1.82) is 0 Å². The maximum absolute atomic E-state index is 11.8. The summed E-state index contributed by atoms with van der Waals surface area (Å²) in [6, 6.07) is 9.94. The van der Waals surface area contributed by atoms with E-state index in [4.69, 9.17) is 0 Å². The fourth-order valence-electron chi connectivity index (χ4n) is 1.76. The molecule has 0 heterocycles. The third-order valence-corrected chi connectivity index (χ3v) is 3.69. The third-order valence-electron chi connectivity index (χ3n) is 3.69. The monoisotopic (exact) mass is 325 g/mol. The fourth-order valence-corrected chi connectivity index (χ4v) is 1.76. The van der Waals surface area contributed by atoms with E-state index in [0.29, 0.717) is 6.42 Å². The zero-order valence-electron chi connectivity index (χ0n) is 12.1. The van der Waals surface area contributed by atoms with Crippen LogP contribution in [0.4, 0.5) is 0 Å².